The quantitative estimate of drug-likeness (QED) is 0.842. The van der Waals surface area contributed by atoms with E-state index in [0.29, 0.717) is 43.1 Å². The highest BCUT2D eigenvalue weighted by molar-refractivity contribution is 6.00. The molecule has 2 rings (SSSR count). The van der Waals surface area contributed by atoms with Crippen molar-refractivity contribution in [2.45, 2.75) is 20.3 Å². The molecule has 19 heavy (non-hydrogen) atoms. The molecule has 0 atom stereocenters. The van der Waals surface area contributed by atoms with Gasteiger partial charge in [0.05, 0.1) is 12.2 Å². The van der Waals surface area contributed by atoms with Crippen LogP contribution in [0.15, 0.2) is 0 Å². The molecule has 0 aromatic carbocycles. The number of carbonyl (C=O) groups excluding carboxylic acids is 1. The molecule has 1 amide bonds. The average molecular weight is 266 g/mol. The smallest absolute Gasteiger partial charge is 0.352 e. The van der Waals surface area contributed by atoms with Crippen LogP contribution in [0.25, 0.3) is 0 Å². The van der Waals surface area contributed by atoms with Crippen LogP contribution in [0.5, 0.6) is 0 Å². The van der Waals surface area contributed by atoms with Crippen LogP contribution in [0.4, 0.5) is 0 Å². The second-order valence-corrected chi connectivity index (χ2v) is 4.69. The number of aromatic amines is 1. The van der Waals surface area contributed by atoms with E-state index < -0.39 is 5.97 Å². The zero-order valence-electron chi connectivity index (χ0n) is 11.2. The molecule has 1 saturated heterocycles. The van der Waals surface area contributed by atoms with E-state index in [0.717, 1.165) is 6.42 Å². The molecule has 0 aliphatic carbocycles. The maximum atomic E-state index is 12.5. The zero-order valence-corrected chi connectivity index (χ0v) is 11.2. The van der Waals surface area contributed by atoms with Gasteiger partial charge in [0.15, 0.2) is 0 Å². The number of hydrogen-bond donors (Lipinski definition) is 2. The summed E-state index contributed by atoms with van der Waals surface area (Å²) in [5, 5.41) is 9.06. The Hall–Kier alpha value is -1.82. The maximum Gasteiger partial charge on any atom is 0.352 e. The van der Waals surface area contributed by atoms with Gasteiger partial charge in [-0.2, -0.15) is 0 Å². The lowest BCUT2D eigenvalue weighted by Gasteiger charge is -2.20. The third-order valence-corrected chi connectivity index (χ3v) is 3.37. The number of aromatic nitrogens is 1. The van der Waals surface area contributed by atoms with Crippen LogP contribution in [0.2, 0.25) is 0 Å². The largest absolute Gasteiger partial charge is 0.477 e. The molecule has 6 heteroatoms. The lowest BCUT2D eigenvalue weighted by atomic mass is 10.1. The molecule has 6 nitrogen and oxygen atoms in total. The van der Waals surface area contributed by atoms with Crippen LogP contribution in [-0.4, -0.2) is 53.2 Å². The van der Waals surface area contributed by atoms with Gasteiger partial charge < -0.3 is 19.7 Å². The summed E-state index contributed by atoms with van der Waals surface area (Å²) in [7, 11) is 0. The Morgan fingerprint density at radius 2 is 2.00 bits per heavy atom. The van der Waals surface area contributed by atoms with E-state index in [1.165, 1.54) is 0 Å². The molecule has 1 aliphatic heterocycles. The number of ether oxygens (including phenoxy) is 1. The van der Waals surface area contributed by atoms with Gasteiger partial charge in [-0.15, -0.1) is 0 Å². The number of amides is 1. The number of carboxylic acids is 1. The van der Waals surface area contributed by atoms with Crippen molar-refractivity contribution >= 4 is 11.9 Å². The molecule has 1 aromatic heterocycles. The van der Waals surface area contributed by atoms with Crippen LogP contribution < -0.4 is 0 Å². The fourth-order valence-electron chi connectivity index (χ4n) is 2.39. The number of aromatic carboxylic acids is 1. The normalized spacial score (nSPS) is 16.2. The van der Waals surface area contributed by atoms with Crippen LogP contribution in [0, 0.1) is 13.8 Å². The van der Waals surface area contributed by atoms with Crippen LogP contribution >= 0.6 is 0 Å². The molecule has 1 aliphatic rings. The topological polar surface area (TPSA) is 82.6 Å². The summed E-state index contributed by atoms with van der Waals surface area (Å²) in [6.45, 7) is 5.77. The van der Waals surface area contributed by atoms with E-state index in [2.05, 4.69) is 4.98 Å². The molecule has 0 bridgehead atoms. The highest BCUT2D eigenvalue weighted by atomic mass is 16.5. The van der Waals surface area contributed by atoms with Gasteiger partial charge in [0.2, 0.25) is 0 Å². The Kier molecular flexibility index (Phi) is 3.90. The number of H-pyrrole nitrogens is 1. The Balaban J connectivity index is 2.30. The highest BCUT2D eigenvalue weighted by Gasteiger charge is 2.25. The number of rotatable bonds is 2. The monoisotopic (exact) mass is 266 g/mol. The second kappa shape index (κ2) is 5.44. The minimum absolute atomic E-state index is 0.0897. The van der Waals surface area contributed by atoms with Crippen molar-refractivity contribution in [3.63, 3.8) is 0 Å². The summed E-state index contributed by atoms with van der Waals surface area (Å²) >= 11 is 0. The van der Waals surface area contributed by atoms with Crippen molar-refractivity contribution in [3.05, 3.63) is 22.5 Å². The van der Waals surface area contributed by atoms with E-state index >= 15 is 0 Å². The first-order valence-electron chi connectivity index (χ1n) is 6.32. The Bertz CT molecular complexity index is 499. The van der Waals surface area contributed by atoms with Gasteiger partial charge in [-0.1, -0.05) is 0 Å². The molecule has 1 aromatic rings. The standard InChI is InChI=1S/C13H18N2O4/c1-8-10(9(2)14-11(8)13(17)18)12(16)15-4-3-6-19-7-5-15/h14H,3-7H2,1-2H3,(H,17,18). The Morgan fingerprint density at radius 3 is 2.63 bits per heavy atom. The SMILES string of the molecule is Cc1[nH]c(C(=O)O)c(C)c1C(=O)N1CCCOCC1. The third-order valence-electron chi connectivity index (χ3n) is 3.37. The van der Waals surface area contributed by atoms with Crippen molar-refractivity contribution in [1.29, 1.82) is 0 Å². The summed E-state index contributed by atoms with van der Waals surface area (Å²) in [4.78, 5) is 28.0. The van der Waals surface area contributed by atoms with Gasteiger partial charge in [-0.05, 0) is 25.8 Å². The van der Waals surface area contributed by atoms with E-state index in [1.54, 1.807) is 18.7 Å². The molecule has 104 valence electrons. The first-order chi connectivity index (χ1) is 9.02. The summed E-state index contributed by atoms with van der Waals surface area (Å²) < 4.78 is 5.32. The van der Waals surface area contributed by atoms with E-state index in [1.807, 2.05) is 0 Å². The predicted octanol–water partition coefficient (Wildman–Crippen LogP) is 1.19. The summed E-state index contributed by atoms with van der Waals surface area (Å²) in [6.07, 6.45) is 0.806. The first-order valence-corrected chi connectivity index (χ1v) is 6.32. The van der Waals surface area contributed by atoms with Crippen molar-refractivity contribution < 1.29 is 19.4 Å². The van der Waals surface area contributed by atoms with Gasteiger partial charge in [0.25, 0.3) is 5.91 Å². The number of carboxylic acid groups (broad SMARTS) is 1. The van der Waals surface area contributed by atoms with E-state index in [4.69, 9.17) is 9.84 Å². The summed E-state index contributed by atoms with van der Waals surface area (Å²) in [5.41, 5.74) is 1.66. The number of hydrogen-bond acceptors (Lipinski definition) is 3. The van der Waals surface area contributed by atoms with Gasteiger partial charge in [0, 0.05) is 25.4 Å². The predicted molar refractivity (Wildman–Crippen MR) is 68.6 cm³/mol. The van der Waals surface area contributed by atoms with Crippen molar-refractivity contribution in [3.8, 4) is 0 Å². The first kappa shape index (κ1) is 13.6. The second-order valence-electron chi connectivity index (χ2n) is 4.69. The fraction of sp³-hybridized carbons (Fsp3) is 0.538. The minimum Gasteiger partial charge on any atom is -0.477 e. The van der Waals surface area contributed by atoms with E-state index in [9.17, 15) is 9.59 Å². The molecule has 1 fully saturated rings. The van der Waals surface area contributed by atoms with Crippen LogP contribution in [-0.2, 0) is 4.74 Å². The van der Waals surface area contributed by atoms with Crippen LogP contribution in [0.1, 0.15) is 38.5 Å². The van der Waals surface area contributed by atoms with Crippen molar-refractivity contribution in [2.75, 3.05) is 26.3 Å². The number of carbonyl (C=O) groups is 2. The zero-order chi connectivity index (χ0) is 14.0. The van der Waals surface area contributed by atoms with Crippen molar-refractivity contribution in [2.24, 2.45) is 0 Å². The van der Waals surface area contributed by atoms with Gasteiger partial charge >= 0.3 is 5.97 Å². The number of aryl methyl sites for hydroxylation is 1. The lowest BCUT2D eigenvalue weighted by Crippen LogP contribution is -2.33. The molecule has 0 spiro atoms. The molecular formula is C13H18N2O4. The van der Waals surface area contributed by atoms with Crippen LogP contribution in [0.3, 0.4) is 0 Å². The average Bonchev–Trinajstić information content (AvgIpc) is 2.58. The van der Waals surface area contributed by atoms with E-state index in [-0.39, 0.29) is 11.6 Å². The lowest BCUT2D eigenvalue weighted by molar-refractivity contribution is 0.0690. The molecule has 0 unspecified atom stereocenters. The minimum atomic E-state index is -1.04. The Labute approximate surface area is 111 Å². The molecular weight excluding hydrogens is 248 g/mol. The van der Waals surface area contributed by atoms with Gasteiger partial charge in [-0.3, -0.25) is 4.79 Å². The summed E-state index contributed by atoms with van der Waals surface area (Å²) in [6, 6.07) is 0. The number of nitrogens with zero attached hydrogens (tertiary/aromatic N) is 1. The molecule has 2 N–H and O–H groups in total. The highest BCUT2D eigenvalue weighted by Crippen LogP contribution is 2.20. The maximum absolute atomic E-state index is 12.5. The van der Waals surface area contributed by atoms with Crippen molar-refractivity contribution in [1.82, 2.24) is 9.88 Å². The Morgan fingerprint density at radius 1 is 1.26 bits per heavy atom. The fourth-order valence-corrected chi connectivity index (χ4v) is 2.39. The molecule has 0 saturated carbocycles. The molecule has 0 radical (unpaired) electrons. The third kappa shape index (κ3) is 2.63. The number of nitrogens with one attached hydrogen (secondary N) is 1. The molecule has 2 heterocycles. The summed E-state index contributed by atoms with van der Waals surface area (Å²) in [5.74, 6) is -1.16. The van der Waals surface area contributed by atoms with Gasteiger partial charge in [-0.25, -0.2) is 4.79 Å². The van der Waals surface area contributed by atoms with Gasteiger partial charge in [0.1, 0.15) is 5.69 Å².